The Labute approximate surface area is 169 Å². The molecule has 0 spiro atoms. The van der Waals surface area contributed by atoms with Gasteiger partial charge in [-0.05, 0) is 45.0 Å². The first-order valence-electron chi connectivity index (χ1n) is 9.55. The van der Waals surface area contributed by atoms with Crippen molar-refractivity contribution >= 4 is 23.4 Å². The van der Waals surface area contributed by atoms with Crippen LogP contribution in [0.15, 0.2) is 30.5 Å². The Bertz CT molecular complexity index is 932. The van der Waals surface area contributed by atoms with Crippen molar-refractivity contribution in [2.75, 3.05) is 24.7 Å². The van der Waals surface area contributed by atoms with Crippen LogP contribution in [0.2, 0.25) is 0 Å². The molecule has 1 atom stereocenters. The van der Waals surface area contributed by atoms with Crippen molar-refractivity contribution < 1.29 is 9.18 Å². The van der Waals surface area contributed by atoms with Gasteiger partial charge in [-0.2, -0.15) is 4.98 Å². The van der Waals surface area contributed by atoms with Gasteiger partial charge in [-0.15, -0.1) is 0 Å². The molecule has 1 fully saturated rings. The summed E-state index contributed by atoms with van der Waals surface area (Å²) in [5.41, 5.74) is 1.26. The van der Waals surface area contributed by atoms with Crippen LogP contribution >= 0.6 is 0 Å². The van der Waals surface area contributed by atoms with Crippen LogP contribution in [0.1, 0.15) is 25.3 Å². The Morgan fingerprint density at radius 2 is 2.10 bits per heavy atom. The van der Waals surface area contributed by atoms with Crippen LogP contribution < -0.4 is 21.3 Å². The number of amides is 1. The van der Waals surface area contributed by atoms with Crippen molar-refractivity contribution in [3.8, 4) is 11.8 Å². The number of anilines is 3. The van der Waals surface area contributed by atoms with E-state index in [0.717, 1.165) is 12.8 Å². The number of nitrogens with zero attached hydrogens (tertiary/aromatic N) is 2. The summed E-state index contributed by atoms with van der Waals surface area (Å²) < 4.78 is 13.3. The highest BCUT2D eigenvalue weighted by atomic mass is 19.1. The highest BCUT2D eigenvalue weighted by Crippen LogP contribution is 2.27. The van der Waals surface area contributed by atoms with Gasteiger partial charge < -0.3 is 21.3 Å². The van der Waals surface area contributed by atoms with Gasteiger partial charge in [0.2, 0.25) is 11.9 Å². The Hall–Kier alpha value is -3.18. The number of aromatic nitrogens is 2. The molecule has 0 saturated heterocycles. The fraction of sp³-hybridized carbons (Fsp3) is 0.381. The van der Waals surface area contributed by atoms with Crippen LogP contribution in [0, 0.1) is 23.6 Å². The maximum Gasteiger partial charge on any atom is 0.237 e. The molecule has 8 heteroatoms. The number of hydrogen-bond acceptors (Lipinski definition) is 6. The second kappa shape index (κ2) is 9.34. The molecule has 1 aromatic carbocycles. The van der Waals surface area contributed by atoms with Crippen LogP contribution in [-0.2, 0) is 4.79 Å². The van der Waals surface area contributed by atoms with E-state index in [4.69, 9.17) is 0 Å². The third-order valence-corrected chi connectivity index (χ3v) is 4.83. The number of likely N-dealkylation sites (N-methyl/N-ethyl adjacent to an activating group) is 1. The van der Waals surface area contributed by atoms with Gasteiger partial charge in [0.15, 0.2) is 0 Å². The first-order chi connectivity index (χ1) is 14.0. The molecule has 1 saturated carbocycles. The summed E-state index contributed by atoms with van der Waals surface area (Å²) in [5, 5.41) is 11.9. The van der Waals surface area contributed by atoms with E-state index in [1.54, 1.807) is 32.4 Å². The molecular weight excluding hydrogens is 371 g/mol. The van der Waals surface area contributed by atoms with E-state index in [0.29, 0.717) is 23.0 Å². The van der Waals surface area contributed by atoms with E-state index in [2.05, 4.69) is 43.1 Å². The predicted octanol–water partition coefficient (Wildman–Crippen LogP) is 2.26. The van der Waals surface area contributed by atoms with Crippen molar-refractivity contribution in [1.82, 2.24) is 20.6 Å². The van der Waals surface area contributed by atoms with Crippen LogP contribution in [0.5, 0.6) is 0 Å². The van der Waals surface area contributed by atoms with Crippen LogP contribution in [-0.4, -0.2) is 42.1 Å². The molecule has 1 aliphatic rings. The average molecular weight is 396 g/mol. The lowest BCUT2D eigenvalue weighted by atomic mass is 9.80. The van der Waals surface area contributed by atoms with E-state index < -0.39 is 0 Å². The highest BCUT2D eigenvalue weighted by Gasteiger charge is 2.29. The Morgan fingerprint density at radius 3 is 2.79 bits per heavy atom. The van der Waals surface area contributed by atoms with Gasteiger partial charge in [-0.1, -0.05) is 17.9 Å². The zero-order valence-corrected chi connectivity index (χ0v) is 16.7. The number of benzene rings is 1. The normalized spacial score (nSPS) is 18.6. The second-order valence-corrected chi connectivity index (χ2v) is 6.99. The molecule has 2 aromatic rings. The smallest absolute Gasteiger partial charge is 0.237 e. The fourth-order valence-electron chi connectivity index (χ4n) is 2.91. The highest BCUT2D eigenvalue weighted by molar-refractivity contribution is 5.81. The third-order valence-electron chi connectivity index (χ3n) is 4.83. The molecule has 3 rings (SSSR count). The van der Waals surface area contributed by atoms with Crippen LogP contribution in [0.3, 0.4) is 0 Å². The molecule has 29 heavy (non-hydrogen) atoms. The summed E-state index contributed by atoms with van der Waals surface area (Å²) in [5.74, 6) is 7.22. The zero-order chi connectivity index (χ0) is 20.8. The second-order valence-electron chi connectivity index (χ2n) is 6.99. The van der Waals surface area contributed by atoms with E-state index in [1.807, 2.05) is 6.92 Å². The first-order valence-corrected chi connectivity index (χ1v) is 9.55. The summed E-state index contributed by atoms with van der Waals surface area (Å²) in [6.07, 6.45) is 3.31. The predicted molar refractivity (Wildman–Crippen MR) is 111 cm³/mol. The summed E-state index contributed by atoms with van der Waals surface area (Å²) in [7, 11) is 3.52. The number of carbonyl (C=O) groups is 1. The lowest BCUT2D eigenvalue weighted by molar-refractivity contribution is -0.124. The Kier molecular flexibility index (Phi) is 6.62. The minimum atomic E-state index is -0.332. The van der Waals surface area contributed by atoms with Crippen molar-refractivity contribution in [3.05, 3.63) is 41.8 Å². The van der Waals surface area contributed by atoms with Gasteiger partial charge in [0, 0.05) is 24.7 Å². The topological polar surface area (TPSA) is 91.0 Å². The maximum absolute atomic E-state index is 13.3. The molecule has 0 radical (unpaired) electrons. The number of hydrogen-bond donors (Lipinski definition) is 4. The zero-order valence-electron chi connectivity index (χ0n) is 16.7. The third kappa shape index (κ3) is 5.42. The molecule has 7 nitrogen and oxygen atoms in total. The molecule has 0 aliphatic heterocycles. The van der Waals surface area contributed by atoms with Gasteiger partial charge in [0.25, 0.3) is 0 Å². The molecule has 1 amide bonds. The molecule has 152 valence electrons. The first kappa shape index (κ1) is 20.6. The largest absolute Gasteiger partial charge is 0.372 e. The van der Waals surface area contributed by atoms with Gasteiger partial charge in [-0.3, -0.25) is 4.79 Å². The number of nitrogens with one attached hydrogen (secondary N) is 4. The molecule has 1 aliphatic carbocycles. The SMILES string of the molecule is CNc1nc(Nc2cccc(F)c2)ncc1C#CC1CC(NC(=O)[C@H](C)NC)C1. The summed E-state index contributed by atoms with van der Waals surface area (Å²) in [4.78, 5) is 20.5. The van der Waals surface area contributed by atoms with Crippen molar-refractivity contribution in [2.24, 2.45) is 5.92 Å². The number of halogens is 1. The monoisotopic (exact) mass is 396 g/mol. The molecule has 1 aromatic heterocycles. The van der Waals surface area contributed by atoms with Crippen molar-refractivity contribution in [1.29, 1.82) is 0 Å². The molecular formula is C21H25FN6O. The lowest BCUT2D eigenvalue weighted by Crippen LogP contribution is -2.49. The van der Waals surface area contributed by atoms with Crippen molar-refractivity contribution in [3.63, 3.8) is 0 Å². The number of rotatable bonds is 6. The minimum absolute atomic E-state index is 0.0103. The Balaban J connectivity index is 1.59. The van der Waals surface area contributed by atoms with Crippen LogP contribution in [0.25, 0.3) is 0 Å². The van der Waals surface area contributed by atoms with Crippen LogP contribution in [0.4, 0.5) is 21.8 Å². The van der Waals surface area contributed by atoms with E-state index >= 15 is 0 Å². The number of carbonyl (C=O) groups excluding carboxylic acids is 1. The summed E-state index contributed by atoms with van der Waals surface area (Å²) in [6.45, 7) is 1.83. The van der Waals surface area contributed by atoms with Gasteiger partial charge in [0.05, 0.1) is 17.8 Å². The standard InChI is InChI=1S/C21H25FN6O/c1-13(23-2)20(29)26-18-9-14(10-18)7-8-15-12-25-21(28-19(15)24-3)27-17-6-4-5-16(22)11-17/h4-6,11-14,18,23H,9-10H2,1-3H3,(H,26,29)(H2,24,25,27,28)/t13-,14?,18?/m0/s1. The summed E-state index contributed by atoms with van der Waals surface area (Å²) >= 11 is 0. The van der Waals surface area contributed by atoms with Crippen molar-refractivity contribution in [2.45, 2.75) is 31.8 Å². The van der Waals surface area contributed by atoms with E-state index in [1.165, 1.54) is 12.1 Å². The quantitative estimate of drug-likeness (QED) is 0.560. The average Bonchev–Trinajstić information content (AvgIpc) is 2.69. The lowest BCUT2D eigenvalue weighted by Gasteiger charge is -2.33. The van der Waals surface area contributed by atoms with Gasteiger partial charge >= 0.3 is 0 Å². The fourth-order valence-corrected chi connectivity index (χ4v) is 2.91. The van der Waals surface area contributed by atoms with Gasteiger partial charge in [0.1, 0.15) is 11.6 Å². The molecule has 4 N–H and O–H groups in total. The molecule has 0 unspecified atom stereocenters. The molecule has 0 bridgehead atoms. The molecule has 1 heterocycles. The van der Waals surface area contributed by atoms with E-state index in [9.17, 15) is 9.18 Å². The van der Waals surface area contributed by atoms with E-state index in [-0.39, 0.29) is 29.7 Å². The maximum atomic E-state index is 13.3. The van der Waals surface area contributed by atoms with Gasteiger partial charge in [-0.25, -0.2) is 9.37 Å². The minimum Gasteiger partial charge on any atom is -0.372 e. The summed E-state index contributed by atoms with van der Waals surface area (Å²) in [6, 6.07) is 6.08. The Morgan fingerprint density at radius 1 is 1.31 bits per heavy atom.